The van der Waals surface area contributed by atoms with E-state index in [9.17, 15) is 14.4 Å². The summed E-state index contributed by atoms with van der Waals surface area (Å²) < 4.78 is 10.3. The first-order valence-electron chi connectivity index (χ1n) is 9.27. The quantitative estimate of drug-likeness (QED) is 0.856. The standard InChI is InChI=1S/C21H21N3O5/c1-28-15-8-6-13(7-9-15)19(25)23-11-10-17-18(23)20(26)24(21(27)22-17)14-4-3-5-16(12-14)29-2/h3-9,12,17-18H,10-11H2,1-2H3,(H,22,27)/t17-,18-/m0/s1. The minimum absolute atomic E-state index is 0.254. The topological polar surface area (TPSA) is 88.2 Å². The first-order chi connectivity index (χ1) is 14.0. The molecule has 4 amide bonds. The Labute approximate surface area is 168 Å². The van der Waals surface area contributed by atoms with E-state index in [0.717, 1.165) is 4.90 Å². The predicted molar refractivity (Wildman–Crippen MR) is 105 cm³/mol. The van der Waals surface area contributed by atoms with Crippen LogP contribution in [0, 0.1) is 0 Å². The van der Waals surface area contributed by atoms with Gasteiger partial charge in [-0.1, -0.05) is 6.07 Å². The monoisotopic (exact) mass is 395 g/mol. The highest BCUT2D eigenvalue weighted by Gasteiger charge is 2.50. The summed E-state index contributed by atoms with van der Waals surface area (Å²) in [4.78, 5) is 41.5. The number of benzene rings is 2. The van der Waals surface area contributed by atoms with Gasteiger partial charge in [-0.25, -0.2) is 9.69 Å². The van der Waals surface area contributed by atoms with Crippen LogP contribution in [-0.2, 0) is 4.79 Å². The fourth-order valence-electron chi connectivity index (χ4n) is 3.83. The predicted octanol–water partition coefficient (Wildman–Crippen LogP) is 2.04. The van der Waals surface area contributed by atoms with E-state index in [1.165, 1.54) is 12.0 Å². The van der Waals surface area contributed by atoms with Crippen LogP contribution in [0.25, 0.3) is 0 Å². The number of hydrogen-bond acceptors (Lipinski definition) is 5. The van der Waals surface area contributed by atoms with Gasteiger partial charge in [0.25, 0.3) is 11.8 Å². The Hall–Kier alpha value is -3.55. The van der Waals surface area contributed by atoms with Gasteiger partial charge in [0.1, 0.15) is 17.5 Å². The molecule has 2 aliphatic rings. The Morgan fingerprint density at radius 2 is 1.76 bits per heavy atom. The molecule has 0 bridgehead atoms. The fraction of sp³-hybridized carbons (Fsp3) is 0.286. The van der Waals surface area contributed by atoms with Crippen molar-refractivity contribution in [1.29, 1.82) is 0 Å². The zero-order chi connectivity index (χ0) is 20.5. The number of hydrogen-bond donors (Lipinski definition) is 1. The molecule has 2 aromatic carbocycles. The first-order valence-corrected chi connectivity index (χ1v) is 9.27. The molecule has 2 saturated heterocycles. The van der Waals surface area contributed by atoms with E-state index in [1.54, 1.807) is 55.6 Å². The summed E-state index contributed by atoms with van der Waals surface area (Å²) in [5, 5.41) is 2.86. The molecule has 8 heteroatoms. The maximum atomic E-state index is 13.3. The number of anilines is 1. The number of methoxy groups -OCH3 is 2. The Kier molecular flexibility index (Phi) is 4.84. The van der Waals surface area contributed by atoms with Crippen molar-refractivity contribution in [2.45, 2.75) is 18.5 Å². The molecule has 1 N–H and O–H groups in total. The van der Waals surface area contributed by atoms with Crippen molar-refractivity contribution in [2.24, 2.45) is 0 Å². The lowest BCUT2D eigenvalue weighted by Gasteiger charge is -2.37. The number of amides is 4. The summed E-state index contributed by atoms with van der Waals surface area (Å²) in [7, 11) is 3.07. The minimum Gasteiger partial charge on any atom is -0.497 e. The van der Waals surface area contributed by atoms with Gasteiger partial charge in [-0.15, -0.1) is 0 Å². The third-order valence-corrected chi connectivity index (χ3v) is 5.29. The molecule has 2 aromatic rings. The summed E-state index contributed by atoms with van der Waals surface area (Å²) in [6.07, 6.45) is 0.524. The number of nitrogens with zero attached hydrogens (tertiary/aromatic N) is 2. The zero-order valence-electron chi connectivity index (χ0n) is 16.1. The molecule has 2 atom stereocenters. The maximum Gasteiger partial charge on any atom is 0.329 e. The highest BCUT2D eigenvalue weighted by atomic mass is 16.5. The summed E-state index contributed by atoms with van der Waals surface area (Å²) in [6, 6.07) is 11.8. The van der Waals surface area contributed by atoms with Crippen molar-refractivity contribution in [3.8, 4) is 11.5 Å². The Morgan fingerprint density at radius 3 is 2.45 bits per heavy atom. The summed E-state index contributed by atoms with van der Waals surface area (Å²) in [5.41, 5.74) is 0.859. The van der Waals surface area contributed by atoms with Crippen LogP contribution in [0.2, 0.25) is 0 Å². The van der Waals surface area contributed by atoms with E-state index in [4.69, 9.17) is 9.47 Å². The zero-order valence-corrected chi connectivity index (χ0v) is 16.1. The lowest BCUT2D eigenvalue weighted by atomic mass is 10.0. The number of likely N-dealkylation sites (tertiary alicyclic amines) is 1. The molecule has 2 fully saturated rings. The molecule has 0 radical (unpaired) electrons. The van der Waals surface area contributed by atoms with Gasteiger partial charge < -0.3 is 19.7 Å². The Balaban J connectivity index is 1.62. The molecule has 2 heterocycles. The number of carbonyl (C=O) groups excluding carboxylic acids is 3. The van der Waals surface area contributed by atoms with Crippen LogP contribution in [0.15, 0.2) is 48.5 Å². The number of ether oxygens (including phenoxy) is 2. The molecule has 0 spiro atoms. The van der Waals surface area contributed by atoms with Crippen LogP contribution >= 0.6 is 0 Å². The van der Waals surface area contributed by atoms with Gasteiger partial charge in [0.2, 0.25) is 0 Å². The first kappa shape index (κ1) is 18.8. The molecule has 150 valence electrons. The van der Waals surface area contributed by atoms with E-state index in [1.807, 2.05) is 0 Å². The SMILES string of the molecule is COc1ccc(C(=O)N2CC[C@@H]3NC(=O)N(c4cccc(OC)c4)C(=O)[C@H]32)cc1. The van der Waals surface area contributed by atoms with Crippen molar-refractivity contribution in [2.75, 3.05) is 25.7 Å². The second-order valence-corrected chi connectivity index (χ2v) is 6.89. The van der Waals surface area contributed by atoms with Crippen LogP contribution in [0.4, 0.5) is 10.5 Å². The van der Waals surface area contributed by atoms with Crippen molar-refractivity contribution in [3.63, 3.8) is 0 Å². The molecule has 29 heavy (non-hydrogen) atoms. The van der Waals surface area contributed by atoms with Crippen LogP contribution in [0.1, 0.15) is 16.8 Å². The third-order valence-electron chi connectivity index (χ3n) is 5.29. The average molecular weight is 395 g/mol. The highest BCUT2D eigenvalue weighted by molar-refractivity contribution is 6.19. The smallest absolute Gasteiger partial charge is 0.329 e. The normalized spacial score (nSPS) is 20.9. The van der Waals surface area contributed by atoms with E-state index >= 15 is 0 Å². The second-order valence-electron chi connectivity index (χ2n) is 6.89. The van der Waals surface area contributed by atoms with Crippen molar-refractivity contribution in [1.82, 2.24) is 10.2 Å². The third kappa shape index (κ3) is 3.26. The molecule has 4 rings (SSSR count). The lowest BCUT2D eigenvalue weighted by Crippen LogP contribution is -2.65. The van der Waals surface area contributed by atoms with Gasteiger partial charge in [-0.05, 0) is 42.8 Å². The van der Waals surface area contributed by atoms with Crippen molar-refractivity contribution in [3.05, 3.63) is 54.1 Å². The number of urea groups is 1. The number of nitrogens with one attached hydrogen (secondary N) is 1. The average Bonchev–Trinajstić information content (AvgIpc) is 3.17. The van der Waals surface area contributed by atoms with Gasteiger partial charge in [0.15, 0.2) is 0 Å². The molecule has 0 aromatic heterocycles. The van der Waals surface area contributed by atoms with Gasteiger partial charge in [0, 0.05) is 18.2 Å². The van der Waals surface area contributed by atoms with Gasteiger partial charge in [0.05, 0.1) is 25.9 Å². The van der Waals surface area contributed by atoms with Gasteiger partial charge in [-0.2, -0.15) is 0 Å². The van der Waals surface area contributed by atoms with E-state index in [2.05, 4.69) is 5.32 Å². The van der Waals surface area contributed by atoms with E-state index in [-0.39, 0.29) is 5.91 Å². The summed E-state index contributed by atoms with van der Waals surface area (Å²) in [6.45, 7) is 0.387. The lowest BCUT2D eigenvalue weighted by molar-refractivity contribution is -0.122. The Morgan fingerprint density at radius 1 is 1.03 bits per heavy atom. The van der Waals surface area contributed by atoms with Crippen LogP contribution in [-0.4, -0.2) is 55.6 Å². The Bertz CT molecular complexity index is 959. The summed E-state index contributed by atoms with van der Waals surface area (Å²) >= 11 is 0. The highest BCUT2D eigenvalue weighted by Crippen LogP contribution is 2.30. The molecule has 0 saturated carbocycles. The van der Waals surface area contributed by atoms with E-state index in [0.29, 0.717) is 35.7 Å². The molecule has 0 unspecified atom stereocenters. The molecular weight excluding hydrogens is 374 g/mol. The molecular formula is C21H21N3O5. The van der Waals surface area contributed by atoms with E-state index < -0.39 is 24.0 Å². The largest absolute Gasteiger partial charge is 0.497 e. The maximum absolute atomic E-state index is 13.3. The van der Waals surface area contributed by atoms with Crippen molar-refractivity contribution >= 4 is 23.5 Å². The number of rotatable bonds is 4. The summed E-state index contributed by atoms with van der Waals surface area (Å²) in [5.74, 6) is 0.496. The number of fused-ring (bicyclic) bond motifs is 1. The molecule has 8 nitrogen and oxygen atoms in total. The molecule has 0 aliphatic carbocycles. The molecule has 2 aliphatic heterocycles. The second kappa shape index (κ2) is 7.46. The van der Waals surface area contributed by atoms with Crippen LogP contribution in [0.5, 0.6) is 11.5 Å². The van der Waals surface area contributed by atoms with Gasteiger partial charge in [-0.3, -0.25) is 9.59 Å². The number of carbonyl (C=O) groups is 3. The van der Waals surface area contributed by atoms with Gasteiger partial charge >= 0.3 is 6.03 Å². The van der Waals surface area contributed by atoms with Crippen LogP contribution in [0.3, 0.4) is 0 Å². The van der Waals surface area contributed by atoms with Crippen LogP contribution < -0.4 is 19.7 Å². The number of imide groups is 1. The fourth-order valence-corrected chi connectivity index (χ4v) is 3.83. The minimum atomic E-state index is -0.756. The van der Waals surface area contributed by atoms with Crippen molar-refractivity contribution < 1.29 is 23.9 Å².